The lowest BCUT2D eigenvalue weighted by molar-refractivity contribution is 0.0989. The van der Waals surface area contributed by atoms with Gasteiger partial charge in [-0.2, -0.15) is 5.10 Å². The molecule has 0 fully saturated rings. The van der Waals surface area contributed by atoms with E-state index in [1.165, 1.54) is 6.33 Å². The minimum atomic E-state index is 0.0380. The number of rotatable bonds is 7. The standard InChI is InChI=1S/C16H21N3O2/c1-4-21-14-7-5-13(6-8-14)15(20)9-16-17-11-18-19(16)10-12(2)3/h5-8,11-12H,4,9-10H2,1-3H3. The second-order valence-electron chi connectivity index (χ2n) is 5.31. The Bertz CT molecular complexity index is 588. The van der Waals surface area contributed by atoms with Gasteiger partial charge in [0.25, 0.3) is 0 Å². The molecule has 0 spiro atoms. The van der Waals surface area contributed by atoms with Crippen LogP contribution in [-0.2, 0) is 13.0 Å². The highest BCUT2D eigenvalue weighted by Crippen LogP contribution is 2.14. The lowest BCUT2D eigenvalue weighted by Crippen LogP contribution is -2.14. The predicted octanol–water partition coefficient (Wildman–Crippen LogP) is 2.76. The second kappa shape index (κ2) is 7.02. The first kappa shape index (κ1) is 15.2. The van der Waals surface area contributed by atoms with Gasteiger partial charge in [0.2, 0.25) is 0 Å². The van der Waals surface area contributed by atoms with Gasteiger partial charge in [-0.25, -0.2) is 9.67 Å². The van der Waals surface area contributed by atoms with Crippen molar-refractivity contribution in [2.24, 2.45) is 5.92 Å². The summed E-state index contributed by atoms with van der Waals surface area (Å²) in [5, 5.41) is 4.17. The van der Waals surface area contributed by atoms with Gasteiger partial charge < -0.3 is 4.74 Å². The van der Waals surface area contributed by atoms with Crippen LogP contribution in [0.2, 0.25) is 0 Å². The molecule has 1 aromatic heterocycles. The van der Waals surface area contributed by atoms with Crippen LogP contribution in [0, 0.1) is 5.92 Å². The predicted molar refractivity (Wildman–Crippen MR) is 80.5 cm³/mol. The van der Waals surface area contributed by atoms with Gasteiger partial charge in [0.15, 0.2) is 5.78 Å². The Labute approximate surface area is 125 Å². The fourth-order valence-corrected chi connectivity index (χ4v) is 2.07. The quantitative estimate of drug-likeness (QED) is 0.735. The number of Topliss-reactive ketones (excluding diaryl/α,β-unsaturated/α-hetero) is 1. The summed E-state index contributed by atoms with van der Waals surface area (Å²) in [5.74, 6) is 1.99. The van der Waals surface area contributed by atoms with Crippen molar-refractivity contribution in [3.05, 3.63) is 42.0 Å². The van der Waals surface area contributed by atoms with E-state index in [2.05, 4.69) is 23.9 Å². The summed E-state index contributed by atoms with van der Waals surface area (Å²) in [5.41, 5.74) is 0.664. The number of hydrogen-bond donors (Lipinski definition) is 0. The number of ether oxygens (including phenoxy) is 1. The molecule has 0 bridgehead atoms. The maximum Gasteiger partial charge on any atom is 0.170 e. The molecule has 2 aromatic rings. The van der Waals surface area contributed by atoms with Crippen molar-refractivity contribution in [2.75, 3.05) is 6.61 Å². The largest absolute Gasteiger partial charge is 0.494 e. The van der Waals surface area contributed by atoms with E-state index in [4.69, 9.17) is 4.74 Å². The van der Waals surface area contributed by atoms with Crippen molar-refractivity contribution >= 4 is 5.78 Å². The summed E-state index contributed by atoms with van der Waals surface area (Å²) in [6.07, 6.45) is 1.77. The monoisotopic (exact) mass is 287 g/mol. The van der Waals surface area contributed by atoms with Crippen LogP contribution in [0.4, 0.5) is 0 Å². The van der Waals surface area contributed by atoms with Gasteiger partial charge in [-0.3, -0.25) is 4.79 Å². The van der Waals surface area contributed by atoms with Gasteiger partial charge in [-0.15, -0.1) is 0 Å². The van der Waals surface area contributed by atoms with Gasteiger partial charge in [0.1, 0.15) is 17.9 Å². The molecule has 0 saturated heterocycles. The number of carbonyl (C=O) groups excluding carboxylic acids is 1. The van der Waals surface area contributed by atoms with E-state index in [-0.39, 0.29) is 12.2 Å². The lowest BCUT2D eigenvalue weighted by atomic mass is 10.1. The molecule has 0 saturated carbocycles. The SMILES string of the molecule is CCOc1ccc(C(=O)Cc2ncnn2CC(C)C)cc1. The molecule has 0 aliphatic heterocycles. The normalized spacial score (nSPS) is 10.9. The number of benzene rings is 1. The maximum atomic E-state index is 12.3. The number of carbonyl (C=O) groups is 1. The smallest absolute Gasteiger partial charge is 0.170 e. The van der Waals surface area contributed by atoms with Crippen LogP contribution in [0.15, 0.2) is 30.6 Å². The molecule has 1 heterocycles. The van der Waals surface area contributed by atoms with E-state index < -0.39 is 0 Å². The molecule has 0 N–H and O–H groups in total. The van der Waals surface area contributed by atoms with Crippen molar-refractivity contribution < 1.29 is 9.53 Å². The number of aromatic nitrogens is 3. The highest BCUT2D eigenvalue weighted by Gasteiger charge is 2.13. The van der Waals surface area contributed by atoms with Crippen LogP contribution in [0.3, 0.4) is 0 Å². The molecule has 5 nitrogen and oxygen atoms in total. The van der Waals surface area contributed by atoms with E-state index in [1.54, 1.807) is 16.8 Å². The fourth-order valence-electron chi connectivity index (χ4n) is 2.07. The Balaban J connectivity index is 2.05. The van der Waals surface area contributed by atoms with Crippen molar-refractivity contribution in [1.82, 2.24) is 14.8 Å². The molecule has 0 unspecified atom stereocenters. The molecule has 112 valence electrons. The van der Waals surface area contributed by atoms with Crippen LogP contribution < -0.4 is 4.74 Å². The fraction of sp³-hybridized carbons (Fsp3) is 0.438. The van der Waals surface area contributed by atoms with Crippen molar-refractivity contribution in [2.45, 2.75) is 33.7 Å². The topological polar surface area (TPSA) is 57.0 Å². The molecule has 0 amide bonds. The van der Waals surface area contributed by atoms with Crippen LogP contribution in [0.1, 0.15) is 37.0 Å². The minimum absolute atomic E-state index is 0.0380. The van der Waals surface area contributed by atoms with Crippen LogP contribution in [0.25, 0.3) is 0 Å². The highest BCUT2D eigenvalue weighted by molar-refractivity contribution is 5.97. The third-order valence-corrected chi connectivity index (χ3v) is 3.04. The number of nitrogens with zero attached hydrogens (tertiary/aromatic N) is 3. The van der Waals surface area contributed by atoms with Gasteiger partial charge in [-0.1, -0.05) is 13.8 Å². The zero-order chi connectivity index (χ0) is 15.2. The van der Waals surface area contributed by atoms with Crippen molar-refractivity contribution in [3.63, 3.8) is 0 Å². The molecule has 2 rings (SSSR count). The van der Waals surface area contributed by atoms with E-state index in [0.717, 1.165) is 12.3 Å². The Morgan fingerprint density at radius 2 is 2.00 bits per heavy atom. The number of hydrogen-bond acceptors (Lipinski definition) is 4. The van der Waals surface area contributed by atoms with Crippen molar-refractivity contribution in [3.8, 4) is 5.75 Å². The second-order valence-corrected chi connectivity index (χ2v) is 5.31. The molecule has 0 aliphatic carbocycles. The molecule has 0 aliphatic rings. The summed E-state index contributed by atoms with van der Waals surface area (Å²) in [6, 6.07) is 7.21. The summed E-state index contributed by atoms with van der Waals surface area (Å²) < 4.78 is 7.17. The zero-order valence-corrected chi connectivity index (χ0v) is 12.7. The minimum Gasteiger partial charge on any atom is -0.494 e. The van der Waals surface area contributed by atoms with Gasteiger partial charge in [0.05, 0.1) is 13.0 Å². The molecular formula is C16H21N3O2. The summed E-state index contributed by atoms with van der Waals surface area (Å²) in [6.45, 7) is 7.54. The van der Waals surface area contributed by atoms with Crippen LogP contribution in [-0.4, -0.2) is 27.2 Å². The average molecular weight is 287 g/mol. The maximum absolute atomic E-state index is 12.3. The molecule has 0 radical (unpaired) electrons. The Morgan fingerprint density at radius 1 is 1.29 bits per heavy atom. The van der Waals surface area contributed by atoms with E-state index in [0.29, 0.717) is 23.9 Å². The Kier molecular flexibility index (Phi) is 5.09. The molecule has 0 atom stereocenters. The van der Waals surface area contributed by atoms with Crippen LogP contribution in [0.5, 0.6) is 5.75 Å². The van der Waals surface area contributed by atoms with Crippen LogP contribution >= 0.6 is 0 Å². The third kappa shape index (κ3) is 4.15. The molecule has 21 heavy (non-hydrogen) atoms. The van der Waals surface area contributed by atoms with Gasteiger partial charge in [-0.05, 0) is 37.1 Å². The zero-order valence-electron chi connectivity index (χ0n) is 12.7. The van der Waals surface area contributed by atoms with E-state index in [9.17, 15) is 4.79 Å². The highest BCUT2D eigenvalue weighted by atomic mass is 16.5. The molecule has 1 aromatic carbocycles. The summed E-state index contributed by atoms with van der Waals surface area (Å²) in [4.78, 5) is 16.5. The lowest BCUT2D eigenvalue weighted by Gasteiger charge is -2.08. The molecular weight excluding hydrogens is 266 g/mol. The van der Waals surface area contributed by atoms with Crippen molar-refractivity contribution in [1.29, 1.82) is 0 Å². The van der Waals surface area contributed by atoms with E-state index in [1.807, 2.05) is 19.1 Å². The first-order chi connectivity index (χ1) is 10.1. The average Bonchev–Trinajstić information content (AvgIpc) is 2.86. The third-order valence-electron chi connectivity index (χ3n) is 3.04. The Hall–Kier alpha value is -2.17. The Morgan fingerprint density at radius 3 is 2.62 bits per heavy atom. The first-order valence-electron chi connectivity index (χ1n) is 7.23. The van der Waals surface area contributed by atoms with Gasteiger partial charge >= 0.3 is 0 Å². The summed E-state index contributed by atoms with van der Waals surface area (Å²) >= 11 is 0. The first-order valence-corrected chi connectivity index (χ1v) is 7.23. The van der Waals surface area contributed by atoms with E-state index >= 15 is 0 Å². The number of ketones is 1. The van der Waals surface area contributed by atoms with Gasteiger partial charge in [0, 0.05) is 12.1 Å². The summed E-state index contributed by atoms with van der Waals surface area (Å²) in [7, 11) is 0. The molecule has 5 heteroatoms.